The van der Waals surface area contributed by atoms with Gasteiger partial charge in [-0.05, 0) is 36.8 Å². The maximum atomic E-state index is 12.9. The molecular weight excluding hydrogens is 277 g/mol. The first-order chi connectivity index (χ1) is 9.45. The summed E-state index contributed by atoms with van der Waals surface area (Å²) in [6.07, 6.45) is 0. The Hall–Kier alpha value is -1.72. The molecule has 0 saturated carbocycles. The molecule has 0 amide bonds. The van der Waals surface area contributed by atoms with Crippen molar-refractivity contribution in [1.29, 1.82) is 0 Å². The highest BCUT2D eigenvalue weighted by Crippen LogP contribution is 2.28. The van der Waals surface area contributed by atoms with Crippen LogP contribution in [0.15, 0.2) is 53.4 Å². The number of benzene rings is 2. The van der Waals surface area contributed by atoms with Crippen LogP contribution in [0.25, 0.3) is 0 Å². The highest BCUT2D eigenvalue weighted by Gasteiger charge is 2.27. The Morgan fingerprint density at radius 1 is 1.05 bits per heavy atom. The molecule has 1 atom stereocenters. The van der Waals surface area contributed by atoms with Gasteiger partial charge in [-0.1, -0.05) is 29.8 Å². The van der Waals surface area contributed by atoms with Gasteiger partial charge in [0.05, 0.1) is 4.90 Å². The third kappa shape index (κ3) is 2.89. The van der Waals surface area contributed by atoms with Crippen LogP contribution in [0.2, 0.25) is 0 Å². The Balaban J connectivity index is 2.44. The maximum absolute atomic E-state index is 12.9. The standard InChI is InChI=1S/C15H16FNO2S/c1-11-2-8-14(9-3-11)20(18,19)15(10-17)12-4-6-13(16)7-5-12/h2-9,15H,10,17H2,1H3. The lowest BCUT2D eigenvalue weighted by Crippen LogP contribution is -2.22. The fourth-order valence-electron chi connectivity index (χ4n) is 2.01. The molecule has 0 bridgehead atoms. The summed E-state index contributed by atoms with van der Waals surface area (Å²) in [5.74, 6) is -0.405. The predicted octanol–water partition coefficient (Wildman–Crippen LogP) is 2.61. The van der Waals surface area contributed by atoms with E-state index >= 15 is 0 Å². The molecule has 2 N–H and O–H groups in total. The molecule has 0 aromatic heterocycles. The summed E-state index contributed by atoms with van der Waals surface area (Å²) >= 11 is 0. The van der Waals surface area contributed by atoms with E-state index in [4.69, 9.17) is 5.73 Å². The molecule has 0 fully saturated rings. The Kier molecular flexibility index (Phi) is 4.20. The average Bonchev–Trinajstić information content (AvgIpc) is 2.42. The van der Waals surface area contributed by atoms with Gasteiger partial charge < -0.3 is 5.73 Å². The number of aryl methyl sites for hydroxylation is 1. The highest BCUT2D eigenvalue weighted by atomic mass is 32.2. The number of nitrogens with two attached hydrogens (primary N) is 1. The van der Waals surface area contributed by atoms with E-state index in [1.807, 2.05) is 6.92 Å². The van der Waals surface area contributed by atoms with Gasteiger partial charge in [-0.2, -0.15) is 0 Å². The van der Waals surface area contributed by atoms with Crippen LogP contribution in [0.3, 0.4) is 0 Å². The van der Waals surface area contributed by atoms with E-state index in [-0.39, 0.29) is 11.4 Å². The van der Waals surface area contributed by atoms with Crippen molar-refractivity contribution >= 4 is 9.84 Å². The van der Waals surface area contributed by atoms with E-state index in [1.165, 1.54) is 24.3 Å². The molecule has 0 heterocycles. The van der Waals surface area contributed by atoms with Crippen LogP contribution in [-0.2, 0) is 9.84 Å². The highest BCUT2D eigenvalue weighted by molar-refractivity contribution is 7.91. The fourth-order valence-corrected chi connectivity index (χ4v) is 3.62. The summed E-state index contributed by atoms with van der Waals surface area (Å²) in [5.41, 5.74) is 7.10. The number of halogens is 1. The van der Waals surface area contributed by atoms with Crippen molar-refractivity contribution in [3.63, 3.8) is 0 Å². The van der Waals surface area contributed by atoms with Crippen molar-refractivity contribution in [3.8, 4) is 0 Å². The van der Waals surface area contributed by atoms with E-state index in [1.54, 1.807) is 24.3 Å². The van der Waals surface area contributed by atoms with E-state index in [2.05, 4.69) is 0 Å². The third-order valence-corrected chi connectivity index (χ3v) is 5.32. The number of hydrogen-bond donors (Lipinski definition) is 1. The SMILES string of the molecule is Cc1ccc(S(=O)(=O)C(CN)c2ccc(F)cc2)cc1. The topological polar surface area (TPSA) is 60.2 Å². The number of rotatable bonds is 4. The Labute approximate surface area is 118 Å². The molecule has 3 nitrogen and oxygen atoms in total. The summed E-state index contributed by atoms with van der Waals surface area (Å²) in [4.78, 5) is 0.225. The molecule has 2 aromatic rings. The lowest BCUT2D eigenvalue weighted by atomic mass is 10.1. The Morgan fingerprint density at radius 2 is 1.60 bits per heavy atom. The molecular formula is C15H16FNO2S. The van der Waals surface area contributed by atoms with Gasteiger partial charge in [-0.15, -0.1) is 0 Å². The minimum absolute atomic E-state index is 0.0537. The van der Waals surface area contributed by atoms with Gasteiger partial charge in [-0.3, -0.25) is 0 Å². The van der Waals surface area contributed by atoms with Crippen molar-refractivity contribution < 1.29 is 12.8 Å². The second-order valence-corrected chi connectivity index (χ2v) is 6.76. The van der Waals surface area contributed by atoms with Gasteiger partial charge in [0, 0.05) is 6.54 Å². The lowest BCUT2D eigenvalue weighted by molar-refractivity contribution is 0.581. The van der Waals surface area contributed by atoms with Gasteiger partial charge in [-0.25, -0.2) is 12.8 Å². The van der Waals surface area contributed by atoms with Crippen LogP contribution in [0, 0.1) is 12.7 Å². The first-order valence-corrected chi connectivity index (χ1v) is 7.76. The molecule has 0 radical (unpaired) electrons. The first kappa shape index (κ1) is 14.7. The van der Waals surface area contributed by atoms with E-state index in [9.17, 15) is 12.8 Å². The molecule has 0 spiro atoms. The quantitative estimate of drug-likeness (QED) is 0.942. The van der Waals surface area contributed by atoms with Crippen molar-refractivity contribution in [3.05, 3.63) is 65.5 Å². The summed E-state index contributed by atoms with van der Waals surface area (Å²) in [6.45, 7) is 1.83. The van der Waals surface area contributed by atoms with E-state index in [0.717, 1.165) is 5.56 Å². The Morgan fingerprint density at radius 3 is 2.10 bits per heavy atom. The molecule has 0 aliphatic heterocycles. The van der Waals surface area contributed by atoms with Crippen LogP contribution in [0.1, 0.15) is 16.4 Å². The largest absolute Gasteiger partial charge is 0.329 e. The number of sulfone groups is 1. The minimum atomic E-state index is -3.58. The summed E-state index contributed by atoms with van der Waals surface area (Å²) in [6, 6.07) is 12.0. The van der Waals surface area contributed by atoms with Crippen molar-refractivity contribution in [2.45, 2.75) is 17.1 Å². The zero-order chi connectivity index (χ0) is 14.8. The molecule has 106 valence electrons. The molecule has 5 heteroatoms. The fraction of sp³-hybridized carbons (Fsp3) is 0.200. The van der Waals surface area contributed by atoms with E-state index < -0.39 is 20.9 Å². The summed E-state index contributed by atoms with van der Waals surface area (Å²) in [7, 11) is -3.58. The number of hydrogen-bond acceptors (Lipinski definition) is 3. The van der Waals surface area contributed by atoms with Crippen molar-refractivity contribution in [1.82, 2.24) is 0 Å². The van der Waals surface area contributed by atoms with Crippen molar-refractivity contribution in [2.24, 2.45) is 5.73 Å². The lowest BCUT2D eigenvalue weighted by Gasteiger charge is -2.16. The van der Waals surface area contributed by atoms with Crippen molar-refractivity contribution in [2.75, 3.05) is 6.54 Å². The van der Waals surface area contributed by atoms with Crippen LogP contribution in [0.5, 0.6) is 0 Å². The van der Waals surface area contributed by atoms with Crippen LogP contribution in [-0.4, -0.2) is 15.0 Å². The van der Waals surface area contributed by atoms with Gasteiger partial charge in [0.15, 0.2) is 9.84 Å². The second-order valence-electron chi connectivity index (χ2n) is 4.63. The smallest absolute Gasteiger partial charge is 0.186 e. The third-order valence-electron chi connectivity index (χ3n) is 3.18. The van der Waals surface area contributed by atoms with Crippen LogP contribution >= 0.6 is 0 Å². The molecule has 2 aromatic carbocycles. The van der Waals surface area contributed by atoms with E-state index in [0.29, 0.717) is 5.56 Å². The molecule has 2 rings (SSSR count). The first-order valence-electron chi connectivity index (χ1n) is 6.21. The maximum Gasteiger partial charge on any atom is 0.186 e. The van der Waals surface area contributed by atoms with Gasteiger partial charge in [0.2, 0.25) is 0 Å². The normalized spacial score (nSPS) is 13.2. The van der Waals surface area contributed by atoms with Gasteiger partial charge in [0.1, 0.15) is 11.1 Å². The van der Waals surface area contributed by atoms with Gasteiger partial charge >= 0.3 is 0 Å². The average molecular weight is 293 g/mol. The monoisotopic (exact) mass is 293 g/mol. The Bertz CT molecular complexity index is 679. The molecule has 0 saturated heterocycles. The summed E-state index contributed by atoms with van der Waals surface area (Å²) < 4.78 is 38.1. The zero-order valence-corrected chi connectivity index (χ0v) is 11.9. The molecule has 20 heavy (non-hydrogen) atoms. The minimum Gasteiger partial charge on any atom is -0.329 e. The van der Waals surface area contributed by atoms with Gasteiger partial charge in [0.25, 0.3) is 0 Å². The molecule has 0 aliphatic rings. The molecule has 1 unspecified atom stereocenters. The summed E-state index contributed by atoms with van der Waals surface area (Å²) in [5, 5.41) is -0.870. The second kappa shape index (κ2) is 5.73. The zero-order valence-electron chi connectivity index (χ0n) is 11.1. The van der Waals surface area contributed by atoms with Crippen LogP contribution < -0.4 is 5.73 Å². The predicted molar refractivity (Wildman–Crippen MR) is 76.6 cm³/mol. The molecule has 0 aliphatic carbocycles. The van der Waals surface area contributed by atoms with Crippen LogP contribution in [0.4, 0.5) is 4.39 Å².